The number of benzene rings is 1. The number of H-pyrrole nitrogens is 1. The number of fused-ring (bicyclic) bond motifs is 3. The molecule has 6 rings (SSSR count). The first-order valence-electron chi connectivity index (χ1n) is 12.2. The molecule has 0 spiro atoms. The lowest BCUT2D eigenvalue weighted by atomic mass is 10.1. The second kappa shape index (κ2) is 9.25. The van der Waals surface area contributed by atoms with Gasteiger partial charge in [-0.1, -0.05) is 11.6 Å². The summed E-state index contributed by atoms with van der Waals surface area (Å²) in [5.41, 5.74) is 1.35. The van der Waals surface area contributed by atoms with E-state index in [2.05, 4.69) is 20.3 Å². The van der Waals surface area contributed by atoms with Gasteiger partial charge in [0.25, 0.3) is 6.01 Å². The van der Waals surface area contributed by atoms with E-state index in [0.717, 1.165) is 5.56 Å². The number of aliphatic hydroxyl groups excluding tert-OH is 1. The number of anilines is 1. The van der Waals surface area contributed by atoms with E-state index in [4.69, 9.17) is 30.5 Å². The summed E-state index contributed by atoms with van der Waals surface area (Å²) >= 11 is 6.51. The quantitative estimate of drug-likeness (QED) is 0.361. The fourth-order valence-electron chi connectivity index (χ4n) is 5.08. The van der Waals surface area contributed by atoms with Crippen molar-refractivity contribution in [3.63, 3.8) is 0 Å². The van der Waals surface area contributed by atoms with Crippen LogP contribution in [-0.2, 0) is 15.9 Å². The maximum Gasteiger partial charge on any atom is 0.296 e. The maximum absolute atomic E-state index is 15.1. The van der Waals surface area contributed by atoms with Crippen molar-refractivity contribution in [3.8, 4) is 11.8 Å². The van der Waals surface area contributed by atoms with E-state index in [1.54, 1.807) is 19.9 Å². The van der Waals surface area contributed by atoms with Crippen LogP contribution in [-0.4, -0.2) is 75.0 Å². The average molecular weight is 535 g/mol. The monoisotopic (exact) mass is 534 g/mol. The van der Waals surface area contributed by atoms with Crippen molar-refractivity contribution in [2.75, 3.05) is 25.1 Å². The van der Waals surface area contributed by atoms with E-state index in [9.17, 15) is 10.2 Å². The lowest BCUT2D eigenvalue weighted by Gasteiger charge is -2.19. The molecule has 2 aliphatic heterocycles. The van der Waals surface area contributed by atoms with Gasteiger partial charge in [-0.2, -0.15) is 4.98 Å². The van der Waals surface area contributed by atoms with Crippen LogP contribution in [0.2, 0.25) is 5.02 Å². The molecule has 10 nitrogen and oxygen atoms in total. The van der Waals surface area contributed by atoms with Crippen LogP contribution in [0.5, 0.6) is 11.8 Å². The van der Waals surface area contributed by atoms with Gasteiger partial charge in [0.15, 0.2) is 11.8 Å². The third-order valence-electron chi connectivity index (χ3n) is 6.79. The molecule has 1 unspecified atom stereocenters. The van der Waals surface area contributed by atoms with E-state index in [0.29, 0.717) is 46.2 Å². The molecule has 3 aromatic rings. The smallest absolute Gasteiger partial charge is 0.296 e. The summed E-state index contributed by atoms with van der Waals surface area (Å²) in [5, 5.41) is 23.4. The zero-order valence-corrected chi connectivity index (χ0v) is 21.1. The Kier molecular flexibility index (Phi) is 6.15. The molecule has 0 amide bonds. The number of halogens is 2. The van der Waals surface area contributed by atoms with Crippen LogP contribution < -0.4 is 14.8 Å². The van der Waals surface area contributed by atoms with Crippen molar-refractivity contribution in [2.45, 2.75) is 62.7 Å². The van der Waals surface area contributed by atoms with Gasteiger partial charge < -0.3 is 39.5 Å². The number of aromatic nitrogens is 3. The number of pyridine rings is 1. The molecule has 0 saturated carbocycles. The van der Waals surface area contributed by atoms with Crippen molar-refractivity contribution < 1.29 is 33.6 Å². The molecule has 5 atom stereocenters. The maximum atomic E-state index is 15.1. The first-order valence-corrected chi connectivity index (χ1v) is 12.6. The number of aryl methyl sites for hydroxylation is 1. The summed E-state index contributed by atoms with van der Waals surface area (Å²) in [7, 11) is 0. The Morgan fingerprint density at radius 2 is 2.03 bits per heavy atom. The van der Waals surface area contributed by atoms with E-state index in [1.807, 2.05) is 6.07 Å². The molecule has 0 bridgehead atoms. The van der Waals surface area contributed by atoms with Crippen LogP contribution in [0.3, 0.4) is 0 Å². The van der Waals surface area contributed by atoms with Crippen LogP contribution in [0.4, 0.5) is 10.2 Å². The number of aromatic amines is 1. The highest BCUT2D eigenvalue weighted by molar-refractivity contribution is 6.33. The number of hydrogen-bond acceptors (Lipinski definition) is 9. The zero-order chi connectivity index (χ0) is 25.9. The molecule has 2 fully saturated rings. The fourth-order valence-corrected chi connectivity index (χ4v) is 5.29. The lowest BCUT2D eigenvalue weighted by Crippen LogP contribution is -2.34. The van der Waals surface area contributed by atoms with Gasteiger partial charge >= 0.3 is 0 Å². The molecule has 2 saturated heterocycles. The second-order valence-corrected chi connectivity index (χ2v) is 10.8. The molecule has 0 radical (unpaired) electrons. The topological polar surface area (TPSA) is 131 Å². The molecule has 4 N–H and O–H groups in total. The Labute approximate surface area is 217 Å². The van der Waals surface area contributed by atoms with Crippen LogP contribution in [0.15, 0.2) is 18.2 Å². The number of nitrogens with one attached hydrogen (secondary N) is 2. The SMILES string of the molecule is CC(C)(O)COc1cc(F)c2c(c1)CCC2Nc1nc2nc(O[C@@H]3CO[C@H]4[C@@H]3OC[C@H]4O)[nH]c2cc1Cl. The van der Waals surface area contributed by atoms with E-state index in [-0.39, 0.29) is 43.8 Å². The van der Waals surface area contributed by atoms with Gasteiger partial charge in [0.1, 0.15) is 42.3 Å². The van der Waals surface area contributed by atoms with Gasteiger partial charge in [-0.05, 0) is 44.4 Å². The zero-order valence-electron chi connectivity index (χ0n) is 20.3. The molecule has 3 aliphatic rings. The molecule has 1 aliphatic carbocycles. The standard InChI is InChI=1S/C25H28ClFN4O6/c1-25(2,33)10-36-12-5-11-3-4-15(19(11)14(27)6-12)28-22-13(26)7-16-23(30-22)31-24(29-16)37-18-9-35-20-17(32)8-34-21(18)20/h5-7,15,17-18,20-21,32-33H,3-4,8-10H2,1-2H3,(H2,28,29,30,31)/t15?,17-,18-,20-,21-/m1/s1. The molecular weight excluding hydrogens is 507 g/mol. The normalized spacial score (nSPS) is 26.9. The minimum Gasteiger partial charge on any atom is -0.491 e. The third-order valence-corrected chi connectivity index (χ3v) is 7.08. The van der Waals surface area contributed by atoms with Gasteiger partial charge in [0, 0.05) is 11.6 Å². The van der Waals surface area contributed by atoms with Crippen molar-refractivity contribution in [2.24, 2.45) is 0 Å². The van der Waals surface area contributed by atoms with Gasteiger partial charge in [-0.3, -0.25) is 0 Å². The van der Waals surface area contributed by atoms with Gasteiger partial charge in [-0.15, -0.1) is 0 Å². The number of rotatable bonds is 7. The van der Waals surface area contributed by atoms with Gasteiger partial charge in [0.2, 0.25) is 0 Å². The predicted octanol–water partition coefficient (Wildman–Crippen LogP) is 2.91. The summed E-state index contributed by atoms with van der Waals surface area (Å²) < 4.78 is 37.8. The van der Waals surface area contributed by atoms with Crippen molar-refractivity contribution in [3.05, 3.63) is 40.2 Å². The molecule has 2 aromatic heterocycles. The fraction of sp³-hybridized carbons (Fsp3) is 0.520. The van der Waals surface area contributed by atoms with E-state index >= 15 is 4.39 Å². The number of nitrogens with zero attached hydrogens (tertiary/aromatic N) is 2. The summed E-state index contributed by atoms with van der Waals surface area (Å²) in [5.74, 6) is 0.387. The Hall–Kier alpha value is -2.70. The number of aliphatic hydroxyl groups is 2. The van der Waals surface area contributed by atoms with Crippen LogP contribution in [0.1, 0.15) is 37.4 Å². The highest BCUT2D eigenvalue weighted by Crippen LogP contribution is 2.39. The Bertz CT molecular complexity index is 1330. The van der Waals surface area contributed by atoms with Crippen LogP contribution >= 0.6 is 11.6 Å². The molecule has 4 heterocycles. The Morgan fingerprint density at radius 1 is 1.22 bits per heavy atom. The second-order valence-electron chi connectivity index (χ2n) is 10.4. The number of imidazole rings is 1. The summed E-state index contributed by atoms with van der Waals surface area (Å²) in [6.45, 7) is 3.81. The summed E-state index contributed by atoms with van der Waals surface area (Å²) in [6, 6.07) is 4.76. The Balaban J connectivity index is 1.18. The van der Waals surface area contributed by atoms with Crippen LogP contribution in [0.25, 0.3) is 11.2 Å². The third kappa shape index (κ3) is 4.82. The number of ether oxygens (including phenoxy) is 4. The minimum atomic E-state index is -1.02. The van der Waals surface area contributed by atoms with Gasteiger partial charge in [0.05, 0.1) is 35.4 Å². The highest BCUT2D eigenvalue weighted by atomic mass is 35.5. The largest absolute Gasteiger partial charge is 0.491 e. The van der Waals surface area contributed by atoms with E-state index < -0.39 is 23.9 Å². The van der Waals surface area contributed by atoms with Gasteiger partial charge in [-0.25, -0.2) is 9.37 Å². The molecular formula is C25H28ClFN4O6. The van der Waals surface area contributed by atoms with Crippen LogP contribution in [0, 0.1) is 5.82 Å². The van der Waals surface area contributed by atoms with E-state index in [1.165, 1.54) is 6.07 Å². The molecule has 12 heteroatoms. The lowest BCUT2D eigenvalue weighted by molar-refractivity contribution is 0.00706. The first kappa shape index (κ1) is 24.6. The highest BCUT2D eigenvalue weighted by Gasteiger charge is 2.48. The van der Waals surface area contributed by atoms with Crippen molar-refractivity contribution in [1.82, 2.24) is 15.0 Å². The molecule has 1 aromatic carbocycles. The van der Waals surface area contributed by atoms with Crippen molar-refractivity contribution in [1.29, 1.82) is 0 Å². The minimum absolute atomic E-state index is 0.0613. The number of hydrogen-bond donors (Lipinski definition) is 4. The Morgan fingerprint density at radius 3 is 2.84 bits per heavy atom. The first-order chi connectivity index (χ1) is 17.6. The molecule has 198 valence electrons. The summed E-state index contributed by atoms with van der Waals surface area (Å²) in [6.07, 6.45) is -0.534. The predicted molar refractivity (Wildman–Crippen MR) is 132 cm³/mol. The molecule has 37 heavy (non-hydrogen) atoms. The average Bonchev–Trinajstić information content (AvgIpc) is 3.59. The summed E-state index contributed by atoms with van der Waals surface area (Å²) in [4.78, 5) is 12.0. The van der Waals surface area contributed by atoms with Crippen molar-refractivity contribution >= 4 is 28.6 Å².